The molecule has 1 saturated heterocycles. The molecule has 1 aromatic rings. The zero-order chi connectivity index (χ0) is 14.2. The van der Waals surface area contributed by atoms with Gasteiger partial charge in [0.15, 0.2) is 0 Å². The number of rotatable bonds is 3. The number of ketones is 1. The lowest BCUT2D eigenvalue weighted by Gasteiger charge is -2.46. The molecule has 1 atom stereocenters. The largest absolute Gasteiger partial charge is 0.375 e. The van der Waals surface area contributed by atoms with Crippen molar-refractivity contribution < 1.29 is 18.3 Å². The molecular weight excluding hydrogens is 262 g/mol. The molecule has 3 rings (SSSR count). The molecule has 1 aliphatic carbocycles. The molecule has 1 saturated carbocycles. The van der Waals surface area contributed by atoms with Crippen LogP contribution in [0.2, 0.25) is 0 Å². The van der Waals surface area contributed by atoms with Crippen molar-refractivity contribution in [2.24, 2.45) is 5.92 Å². The van der Waals surface area contributed by atoms with Gasteiger partial charge in [0, 0.05) is 25.0 Å². The minimum absolute atomic E-state index is 0.0464. The third-order valence-electron chi connectivity index (χ3n) is 4.59. The average Bonchev–Trinajstić information content (AvgIpc) is 2.40. The lowest BCUT2D eigenvalue weighted by Crippen LogP contribution is -2.47. The second-order valence-corrected chi connectivity index (χ2v) is 5.95. The summed E-state index contributed by atoms with van der Waals surface area (Å²) in [6, 6.07) is 3.39. The maximum Gasteiger partial charge on any atom is 0.140 e. The normalized spacial score (nSPS) is 24.4. The van der Waals surface area contributed by atoms with Gasteiger partial charge in [-0.15, -0.1) is 0 Å². The Hall–Kier alpha value is -1.29. The van der Waals surface area contributed by atoms with Crippen LogP contribution in [0, 0.1) is 17.6 Å². The average molecular weight is 280 g/mol. The number of carbonyl (C=O) groups excluding carboxylic acids is 1. The van der Waals surface area contributed by atoms with E-state index in [1.54, 1.807) is 0 Å². The molecule has 20 heavy (non-hydrogen) atoms. The summed E-state index contributed by atoms with van der Waals surface area (Å²) < 4.78 is 32.2. The highest BCUT2D eigenvalue weighted by atomic mass is 19.1. The van der Waals surface area contributed by atoms with Crippen LogP contribution in [-0.2, 0) is 16.0 Å². The van der Waals surface area contributed by atoms with E-state index in [2.05, 4.69) is 0 Å². The van der Waals surface area contributed by atoms with Gasteiger partial charge in [-0.25, -0.2) is 8.78 Å². The number of ether oxygens (including phenoxy) is 1. The van der Waals surface area contributed by atoms with Gasteiger partial charge in [0.25, 0.3) is 0 Å². The fourth-order valence-corrected chi connectivity index (χ4v) is 3.22. The van der Waals surface area contributed by atoms with Crippen LogP contribution in [0.3, 0.4) is 0 Å². The first kappa shape index (κ1) is 13.7. The summed E-state index contributed by atoms with van der Waals surface area (Å²) in [6.45, 7) is 0.613. The standard InChI is InChI=1S/C16H18F2O2/c17-13-3-2-11(14(18)9-13)8-15(19)12-4-7-20-16(10-12)5-1-6-16/h2-3,9,12H,1,4-8,10H2. The smallest absolute Gasteiger partial charge is 0.140 e. The molecule has 4 heteroatoms. The van der Waals surface area contributed by atoms with E-state index in [-0.39, 0.29) is 29.3 Å². The molecule has 0 radical (unpaired) electrons. The minimum Gasteiger partial charge on any atom is -0.375 e. The Bertz CT molecular complexity index is 523. The van der Waals surface area contributed by atoms with Gasteiger partial charge < -0.3 is 4.74 Å². The molecule has 0 bridgehead atoms. The molecule has 0 aromatic heterocycles. The van der Waals surface area contributed by atoms with Crippen molar-refractivity contribution in [2.75, 3.05) is 6.61 Å². The summed E-state index contributed by atoms with van der Waals surface area (Å²) in [5.41, 5.74) is 0.200. The van der Waals surface area contributed by atoms with Gasteiger partial charge >= 0.3 is 0 Å². The number of halogens is 2. The molecule has 1 spiro atoms. The fraction of sp³-hybridized carbons (Fsp3) is 0.562. The van der Waals surface area contributed by atoms with Crippen LogP contribution < -0.4 is 0 Å². The minimum atomic E-state index is -0.635. The van der Waals surface area contributed by atoms with E-state index in [1.807, 2.05) is 0 Å². The Labute approximate surface area is 117 Å². The van der Waals surface area contributed by atoms with E-state index in [4.69, 9.17) is 4.74 Å². The molecule has 2 fully saturated rings. The maximum absolute atomic E-state index is 13.6. The lowest BCUT2D eigenvalue weighted by atomic mass is 9.71. The maximum atomic E-state index is 13.6. The second kappa shape index (κ2) is 5.24. The van der Waals surface area contributed by atoms with Crippen molar-refractivity contribution in [3.63, 3.8) is 0 Å². The van der Waals surface area contributed by atoms with Gasteiger partial charge in [-0.1, -0.05) is 6.07 Å². The van der Waals surface area contributed by atoms with Gasteiger partial charge in [0.05, 0.1) is 5.60 Å². The molecule has 1 heterocycles. The van der Waals surface area contributed by atoms with Crippen molar-refractivity contribution in [1.29, 1.82) is 0 Å². The number of benzene rings is 1. The van der Waals surface area contributed by atoms with Crippen LogP contribution >= 0.6 is 0 Å². The topological polar surface area (TPSA) is 26.3 Å². The van der Waals surface area contributed by atoms with E-state index < -0.39 is 11.6 Å². The Morgan fingerprint density at radius 2 is 2.15 bits per heavy atom. The van der Waals surface area contributed by atoms with Gasteiger partial charge in [0.2, 0.25) is 0 Å². The van der Waals surface area contributed by atoms with Crippen molar-refractivity contribution in [3.8, 4) is 0 Å². The highest BCUT2D eigenvalue weighted by molar-refractivity contribution is 5.83. The molecule has 2 aliphatic rings. The van der Waals surface area contributed by atoms with Crippen LogP contribution in [0.15, 0.2) is 18.2 Å². The fourth-order valence-electron chi connectivity index (χ4n) is 3.22. The number of Topliss-reactive ketones (excluding diaryl/α,β-unsaturated/α-hetero) is 1. The lowest BCUT2D eigenvalue weighted by molar-refractivity contribution is -0.155. The molecular formula is C16H18F2O2. The monoisotopic (exact) mass is 280 g/mol. The van der Waals surface area contributed by atoms with Crippen molar-refractivity contribution in [3.05, 3.63) is 35.4 Å². The van der Waals surface area contributed by atoms with Crippen LogP contribution in [0.25, 0.3) is 0 Å². The first-order valence-corrected chi connectivity index (χ1v) is 7.19. The number of carbonyl (C=O) groups is 1. The SMILES string of the molecule is O=C(Cc1ccc(F)cc1F)C1CCOC2(CCC2)C1. The van der Waals surface area contributed by atoms with Crippen molar-refractivity contribution in [1.82, 2.24) is 0 Å². The molecule has 1 aromatic carbocycles. The zero-order valence-corrected chi connectivity index (χ0v) is 11.3. The highest BCUT2D eigenvalue weighted by Gasteiger charge is 2.44. The summed E-state index contributed by atoms with van der Waals surface area (Å²) in [6.07, 6.45) is 4.74. The molecule has 0 amide bonds. The summed E-state index contributed by atoms with van der Waals surface area (Å²) in [5, 5.41) is 0. The summed E-state index contributed by atoms with van der Waals surface area (Å²) in [5.74, 6) is -1.25. The van der Waals surface area contributed by atoms with Crippen LogP contribution in [0.1, 0.15) is 37.7 Å². The Balaban J connectivity index is 1.66. The van der Waals surface area contributed by atoms with Crippen LogP contribution in [0.5, 0.6) is 0 Å². The predicted molar refractivity (Wildman–Crippen MR) is 70.3 cm³/mol. The quantitative estimate of drug-likeness (QED) is 0.848. The van der Waals surface area contributed by atoms with E-state index in [0.717, 1.165) is 31.7 Å². The first-order valence-electron chi connectivity index (χ1n) is 7.19. The van der Waals surface area contributed by atoms with E-state index in [9.17, 15) is 13.6 Å². The summed E-state index contributed by atoms with van der Waals surface area (Å²) >= 11 is 0. The zero-order valence-electron chi connectivity index (χ0n) is 11.3. The molecule has 1 unspecified atom stereocenters. The molecule has 2 nitrogen and oxygen atoms in total. The third-order valence-corrected chi connectivity index (χ3v) is 4.59. The molecule has 1 aliphatic heterocycles. The summed E-state index contributed by atoms with van der Waals surface area (Å²) in [7, 11) is 0. The Morgan fingerprint density at radius 3 is 2.80 bits per heavy atom. The molecule has 108 valence electrons. The second-order valence-electron chi connectivity index (χ2n) is 5.95. The van der Waals surface area contributed by atoms with E-state index in [1.165, 1.54) is 12.1 Å². The van der Waals surface area contributed by atoms with Crippen LogP contribution in [0.4, 0.5) is 8.78 Å². The first-order chi connectivity index (χ1) is 9.58. The highest BCUT2D eigenvalue weighted by Crippen LogP contribution is 2.44. The van der Waals surface area contributed by atoms with Gasteiger partial charge in [-0.2, -0.15) is 0 Å². The van der Waals surface area contributed by atoms with Crippen molar-refractivity contribution in [2.45, 2.75) is 44.1 Å². The van der Waals surface area contributed by atoms with Crippen LogP contribution in [-0.4, -0.2) is 18.0 Å². The van der Waals surface area contributed by atoms with Gasteiger partial charge in [-0.3, -0.25) is 4.79 Å². The van der Waals surface area contributed by atoms with Gasteiger partial charge in [0.1, 0.15) is 17.4 Å². The predicted octanol–water partition coefficient (Wildman–Crippen LogP) is 3.43. The van der Waals surface area contributed by atoms with Crippen molar-refractivity contribution >= 4 is 5.78 Å². The number of hydrogen-bond acceptors (Lipinski definition) is 2. The Kier molecular flexibility index (Phi) is 3.59. The van der Waals surface area contributed by atoms with E-state index >= 15 is 0 Å². The van der Waals surface area contributed by atoms with Gasteiger partial charge in [-0.05, 0) is 43.7 Å². The Morgan fingerprint density at radius 1 is 1.35 bits per heavy atom. The number of hydrogen-bond donors (Lipinski definition) is 0. The van der Waals surface area contributed by atoms with E-state index in [0.29, 0.717) is 13.0 Å². The molecule has 0 N–H and O–H groups in total. The third kappa shape index (κ3) is 2.62. The summed E-state index contributed by atoms with van der Waals surface area (Å²) in [4.78, 5) is 12.3.